The summed E-state index contributed by atoms with van der Waals surface area (Å²) >= 11 is 0. The monoisotopic (exact) mass is 293 g/mol. The zero-order valence-electron chi connectivity index (χ0n) is 11.4. The van der Waals surface area contributed by atoms with Crippen LogP contribution in [0.1, 0.15) is 16.8 Å². The standard InChI is InChI=1S/C14H16FN3O3/c15-11-1-2-13(18(20)21)12(5-11)14(19)17-4-3-9-6-16-7-10(9)8-17/h1-2,5,9-10,16H,3-4,6-8H2. The van der Waals surface area contributed by atoms with Crippen LogP contribution in [-0.2, 0) is 0 Å². The Bertz CT molecular complexity index is 593. The number of hydrogen-bond donors (Lipinski definition) is 1. The van der Waals surface area contributed by atoms with E-state index in [1.54, 1.807) is 4.90 Å². The number of halogens is 1. The van der Waals surface area contributed by atoms with E-state index in [2.05, 4.69) is 5.32 Å². The van der Waals surface area contributed by atoms with E-state index >= 15 is 0 Å². The lowest BCUT2D eigenvalue weighted by Crippen LogP contribution is -2.43. The van der Waals surface area contributed by atoms with Gasteiger partial charge in [0.1, 0.15) is 11.4 Å². The molecule has 0 aliphatic carbocycles. The largest absolute Gasteiger partial charge is 0.338 e. The average Bonchev–Trinajstić information content (AvgIpc) is 2.93. The van der Waals surface area contributed by atoms with E-state index in [4.69, 9.17) is 0 Å². The van der Waals surface area contributed by atoms with Crippen LogP contribution in [-0.4, -0.2) is 41.9 Å². The Kier molecular flexibility index (Phi) is 3.59. The van der Waals surface area contributed by atoms with Gasteiger partial charge in [0.25, 0.3) is 11.6 Å². The molecule has 3 rings (SSSR count). The number of nitro benzene ring substituents is 1. The second-order valence-corrected chi connectivity index (χ2v) is 5.64. The smallest absolute Gasteiger partial charge is 0.282 e. The van der Waals surface area contributed by atoms with Crippen molar-refractivity contribution >= 4 is 11.6 Å². The van der Waals surface area contributed by atoms with Gasteiger partial charge in [-0.15, -0.1) is 0 Å². The summed E-state index contributed by atoms with van der Waals surface area (Å²) in [7, 11) is 0. The van der Waals surface area contributed by atoms with Crippen LogP contribution in [0.3, 0.4) is 0 Å². The van der Waals surface area contributed by atoms with Gasteiger partial charge in [-0.05, 0) is 43.5 Å². The van der Waals surface area contributed by atoms with Crippen LogP contribution < -0.4 is 5.32 Å². The SMILES string of the molecule is O=C(c1cc(F)ccc1[N+](=O)[O-])N1CCC2CNCC2C1. The second-order valence-electron chi connectivity index (χ2n) is 5.64. The molecule has 112 valence electrons. The van der Waals surface area contributed by atoms with E-state index < -0.39 is 16.6 Å². The maximum absolute atomic E-state index is 13.3. The minimum absolute atomic E-state index is 0.163. The molecule has 0 saturated carbocycles. The highest BCUT2D eigenvalue weighted by molar-refractivity contribution is 5.98. The number of carbonyl (C=O) groups excluding carboxylic acids is 1. The van der Waals surface area contributed by atoms with Gasteiger partial charge >= 0.3 is 0 Å². The molecule has 2 aliphatic heterocycles. The van der Waals surface area contributed by atoms with Gasteiger partial charge < -0.3 is 10.2 Å². The van der Waals surface area contributed by atoms with E-state index in [1.165, 1.54) is 0 Å². The molecule has 1 aromatic carbocycles. The van der Waals surface area contributed by atoms with Crippen molar-refractivity contribution in [1.29, 1.82) is 0 Å². The number of hydrogen-bond acceptors (Lipinski definition) is 4. The Labute approximate surface area is 121 Å². The number of nitrogens with zero attached hydrogens (tertiary/aromatic N) is 2. The minimum atomic E-state index is -0.642. The highest BCUT2D eigenvalue weighted by atomic mass is 19.1. The van der Waals surface area contributed by atoms with Crippen LogP contribution >= 0.6 is 0 Å². The molecule has 2 atom stereocenters. The third kappa shape index (κ3) is 2.61. The summed E-state index contributed by atoms with van der Waals surface area (Å²) in [5.41, 5.74) is -0.502. The molecule has 2 heterocycles. The van der Waals surface area contributed by atoms with Gasteiger partial charge in [-0.2, -0.15) is 0 Å². The summed E-state index contributed by atoms with van der Waals surface area (Å²) in [6.45, 7) is 2.96. The first-order valence-corrected chi connectivity index (χ1v) is 7.00. The third-order valence-electron chi connectivity index (χ3n) is 4.38. The molecule has 2 unspecified atom stereocenters. The quantitative estimate of drug-likeness (QED) is 0.661. The number of amides is 1. The maximum atomic E-state index is 13.3. The van der Waals surface area contributed by atoms with Crippen molar-refractivity contribution in [3.8, 4) is 0 Å². The van der Waals surface area contributed by atoms with Gasteiger partial charge in [0.05, 0.1) is 4.92 Å². The van der Waals surface area contributed by atoms with Crippen molar-refractivity contribution in [3.05, 3.63) is 39.7 Å². The fraction of sp³-hybridized carbons (Fsp3) is 0.500. The predicted molar refractivity (Wildman–Crippen MR) is 73.4 cm³/mol. The highest BCUT2D eigenvalue weighted by Gasteiger charge is 2.36. The first-order chi connectivity index (χ1) is 10.1. The lowest BCUT2D eigenvalue weighted by atomic mass is 9.88. The summed E-state index contributed by atoms with van der Waals surface area (Å²) in [5.74, 6) is -0.139. The molecular weight excluding hydrogens is 277 g/mol. The van der Waals surface area contributed by atoms with Gasteiger partial charge in [0.2, 0.25) is 0 Å². The lowest BCUT2D eigenvalue weighted by Gasteiger charge is -2.34. The van der Waals surface area contributed by atoms with Crippen molar-refractivity contribution in [3.63, 3.8) is 0 Å². The number of benzene rings is 1. The molecule has 2 aliphatic rings. The molecule has 1 N–H and O–H groups in total. The molecule has 0 aromatic heterocycles. The Morgan fingerprint density at radius 3 is 2.90 bits per heavy atom. The zero-order chi connectivity index (χ0) is 15.0. The van der Waals surface area contributed by atoms with Gasteiger partial charge in [0.15, 0.2) is 0 Å². The van der Waals surface area contributed by atoms with Crippen molar-refractivity contribution in [2.45, 2.75) is 6.42 Å². The van der Waals surface area contributed by atoms with Crippen molar-refractivity contribution in [2.75, 3.05) is 26.2 Å². The summed E-state index contributed by atoms with van der Waals surface area (Å²) in [4.78, 5) is 24.5. The highest BCUT2D eigenvalue weighted by Crippen LogP contribution is 2.29. The Morgan fingerprint density at radius 1 is 1.38 bits per heavy atom. The molecule has 6 nitrogen and oxygen atoms in total. The Balaban J connectivity index is 1.85. The molecule has 1 amide bonds. The second kappa shape index (κ2) is 5.40. The zero-order valence-corrected chi connectivity index (χ0v) is 11.4. The van der Waals surface area contributed by atoms with Crippen molar-refractivity contribution in [1.82, 2.24) is 10.2 Å². The number of fused-ring (bicyclic) bond motifs is 1. The van der Waals surface area contributed by atoms with Crippen LogP contribution in [0, 0.1) is 27.8 Å². The van der Waals surface area contributed by atoms with Gasteiger partial charge in [-0.25, -0.2) is 4.39 Å². The van der Waals surface area contributed by atoms with E-state index in [0.29, 0.717) is 24.9 Å². The van der Waals surface area contributed by atoms with Gasteiger partial charge in [0, 0.05) is 19.2 Å². The number of nitrogens with one attached hydrogen (secondary N) is 1. The molecule has 2 fully saturated rings. The molecule has 1 aromatic rings. The Morgan fingerprint density at radius 2 is 2.14 bits per heavy atom. The third-order valence-corrected chi connectivity index (χ3v) is 4.38. The molecule has 0 bridgehead atoms. The normalized spacial score (nSPS) is 24.7. The van der Waals surface area contributed by atoms with Crippen LogP contribution in [0.25, 0.3) is 0 Å². The molecule has 2 saturated heterocycles. The predicted octanol–water partition coefficient (Wildman–Crippen LogP) is 1.42. The molecule has 0 radical (unpaired) electrons. The van der Waals surface area contributed by atoms with E-state index in [1.807, 2.05) is 0 Å². The first kappa shape index (κ1) is 13.9. The molecule has 21 heavy (non-hydrogen) atoms. The summed E-state index contributed by atoms with van der Waals surface area (Å²) in [6, 6.07) is 3.01. The van der Waals surface area contributed by atoms with E-state index in [0.717, 1.165) is 37.7 Å². The number of carbonyl (C=O) groups is 1. The van der Waals surface area contributed by atoms with Crippen LogP contribution in [0.2, 0.25) is 0 Å². The maximum Gasteiger partial charge on any atom is 0.282 e. The van der Waals surface area contributed by atoms with Crippen LogP contribution in [0.4, 0.5) is 10.1 Å². The fourth-order valence-corrected chi connectivity index (χ4v) is 3.23. The van der Waals surface area contributed by atoms with Crippen molar-refractivity contribution in [2.24, 2.45) is 11.8 Å². The van der Waals surface area contributed by atoms with Gasteiger partial charge in [-0.3, -0.25) is 14.9 Å². The summed E-state index contributed by atoms with van der Waals surface area (Å²) in [5, 5.41) is 14.3. The number of likely N-dealkylation sites (tertiary alicyclic amines) is 1. The summed E-state index contributed by atoms with van der Waals surface area (Å²) < 4.78 is 13.3. The average molecular weight is 293 g/mol. The number of nitro groups is 1. The molecule has 7 heteroatoms. The molecule has 0 spiro atoms. The van der Waals surface area contributed by atoms with Crippen LogP contribution in [0.15, 0.2) is 18.2 Å². The number of rotatable bonds is 2. The summed E-state index contributed by atoms with van der Waals surface area (Å²) in [6.07, 6.45) is 0.881. The van der Waals surface area contributed by atoms with Gasteiger partial charge in [-0.1, -0.05) is 0 Å². The van der Waals surface area contributed by atoms with Crippen molar-refractivity contribution < 1.29 is 14.1 Å². The minimum Gasteiger partial charge on any atom is -0.338 e. The fourth-order valence-electron chi connectivity index (χ4n) is 3.23. The van der Waals surface area contributed by atoms with E-state index in [9.17, 15) is 19.3 Å². The lowest BCUT2D eigenvalue weighted by molar-refractivity contribution is -0.385. The van der Waals surface area contributed by atoms with E-state index in [-0.39, 0.29) is 11.3 Å². The molecular formula is C14H16FN3O3. The van der Waals surface area contributed by atoms with Crippen LogP contribution in [0.5, 0.6) is 0 Å². The number of piperidine rings is 1. The first-order valence-electron chi connectivity index (χ1n) is 7.00. The Hall–Kier alpha value is -2.02. The topological polar surface area (TPSA) is 75.5 Å².